The number of carboxylic acids is 1. The zero-order valence-electron chi connectivity index (χ0n) is 8.03. The molecule has 66 valence electrons. The molecule has 0 bridgehead atoms. The third-order valence-electron chi connectivity index (χ3n) is 2.85. The van der Waals surface area contributed by atoms with Crippen LogP contribution in [0.1, 0.15) is 17.5 Å². The molecule has 0 heterocycles. The summed E-state index contributed by atoms with van der Waals surface area (Å²) in [6, 6.07) is 7.66. The Balaban J connectivity index is 2.61. The fraction of sp³-hybridized carbons (Fsp3) is 0.182. The van der Waals surface area contributed by atoms with E-state index >= 15 is 0 Å². The monoisotopic (exact) mass is 180 g/mol. The van der Waals surface area contributed by atoms with Gasteiger partial charge >= 0.3 is 91.6 Å². The van der Waals surface area contributed by atoms with E-state index in [1.807, 2.05) is 36.4 Å². The normalized spacial score (nSPS) is 24.4. The first-order chi connectivity index (χ1) is 6.64. The third-order valence-corrected chi connectivity index (χ3v) is 2.85. The number of carbonyl (C=O) groups is 1. The molecule has 3 heteroatoms. The molecule has 1 aliphatic rings. The van der Waals surface area contributed by atoms with Crippen LogP contribution in [-0.4, -0.2) is 28.8 Å². The maximum atomic E-state index is 11.2. The zero-order chi connectivity index (χ0) is 10.2. The van der Waals surface area contributed by atoms with E-state index in [2.05, 4.69) is 0 Å². The van der Waals surface area contributed by atoms with Gasteiger partial charge in [0.05, 0.1) is 0 Å². The molecule has 0 saturated carbocycles. The average Bonchev–Trinajstić information content (AvgIpc) is 2.18. The molecule has 1 aliphatic carbocycles. The molecule has 1 atom stereocenters. The average molecular weight is 180 g/mol. The summed E-state index contributed by atoms with van der Waals surface area (Å²) < 4.78 is -0.759. The van der Waals surface area contributed by atoms with Crippen LogP contribution < -0.4 is 0 Å². The van der Waals surface area contributed by atoms with Crippen molar-refractivity contribution in [3.8, 4) is 0 Å². The summed E-state index contributed by atoms with van der Waals surface area (Å²) in [6.07, 6.45) is 4.48. The molecule has 0 radical (unpaired) electrons. The van der Waals surface area contributed by atoms with Crippen LogP contribution in [0, 0.1) is 0 Å². The quantitative estimate of drug-likeness (QED) is 0.666. The van der Waals surface area contributed by atoms with E-state index in [-0.39, 0.29) is 0 Å². The van der Waals surface area contributed by atoms with Crippen LogP contribution in [0.5, 0.6) is 0 Å². The Bertz CT molecular complexity index is 412. The summed E-state index contributed by atoms with van der Waals surface area (Å²) >= 11 is 1.78. The first-order valence-electron chi connectivity index (χ1n) is 4.64. The molecular formula is C11H9LiO2. The van der Waals surface area contributed by atoms with E-state index in [4.69, 9.17) is 0 Å². The standard InChI is InChI=1S/C11H9O2.Li/c12-11(13)10-7-3-5-8-4-1-2-6-9(8)10;/h1-6H,7H2,(H,12,13);. The van der Waals surface area contributed by atoms with E-state index < -0.39 is 10.1 Å². The van der Waals surface area contributed by atoms with Gasteiger partial charge in [0.1, 0.15) is 0 Å². The molecule has 0 saturated heterocycles. The van der Waals surface area contributed by atoms with Crippen molar-refractivity contribution in [1.29, 1.82) is 0 Å². The van der Waals surface area contributed by atoms with Crippen molar-refractivity contribution >= 4 is 29.8 Å². The molecule has 0 amide bonds. The molecule has 2 nitrogen and oxygen atoms in total. The first-order valence-corrected chi connectivity index (χ1v) is 4.64. The third kappa shape index (κ3) is 1.32. The number of carboxylic acid groups (broad SMARTS) is 1. The van der Waals surface area contributed by atoms with Crippen molar-refractivity contribution in [2.24, 2.45) is 0 Å². The first kappa shape index (κ1) is 9.58. The van der Waals surface area contributed by atoms with Gasteiger partial charge in [0.25, 0.3) is 0 Å². The SMILES string of the molecule is [Li][C]1(C(=O)O)CC=Cc2ccccc21. The second kappa shape index (κ2) is 3.31. The molecule has 2 rings (SSSR count). The van der Waals surface area contributed by atoms with Crippen molar-refractivity contribution in [3.63, 3.8) is 0 Å². The van der Waals surface area contributed by atoms with Crippen LogP contribution in [0.2, 0.25) is 0 Å². The summed E-state index contributed by atoms with van der Waals surface area (Å²) in [7, 11) is 0. The summed E-state index contributed by atoms with van der Waals surface area (Å²) in [6.45, 7) is 0. The van der Waals surface area contributed by atoms with Crippen LogP contribution in [0.3, 0.4) is 0 Å². The number of hydrogen-bond acceptors (Lipinski definition) is 1. The van der Waals surface area contributed by atoms with Crippen LogP contribution in [-0.2, 0) is 8.88 Å². The molecule has 0 spiro atoms. The van der Waals surface area contributed by atoms with Crippen molar-refractivity contribution < 1.29 is 9.90 Å². The van der Waals surface area contributed by atoms with Gasteiger partial charge in [-0.25, -0.2) is 0 Å². The fourth-order valence-corrected chi connectivity index (χ4v) is 1.88. The topological polar surface area (TPSA) is 37.3 Å². The minimum absolute atomic E-state index is 0.569. The summed E-state index contributed by atoms with van der Waals surface area (Å²) in [4.78, 5) is 11.2. The predicted molar refractivity (Wildman–Crippen MR) is 55.2 cm³/mol. The van der Waals surface area contributed by atoms with Gasteiger partial charge in [-0.1, -0.05) is 0 Å². The number of aliphatic carboxylic acids is 1. The molecule has 1 N–H and O–H groups in total. The molecule has 14 heavy (non-hydrogen) atoms. The van der Waals surface area contributed by atoms with Gasteiger partial charge in [-0.15, -0.1) is 0 Å². The van der Waals surface area contributed by atoms with E-state index in [0.717, 1.165) is 11.1 Å². The van der Waals surface area contributed by atoms with Crippen molar-refractivity contribution in [2.45, 2.75) is 10.5 Å². The number of fused-ring (bicyclic) bond motifs is 1. The van der Waals surface area contributed by atoms with E-state index in [9.17, 15) is 9.90 Å². The number of hydrogen-bond donors (Lipinski definition) is 1. The minimum atomic E-state index is -0.759. The number of rotatable bonds is 1. The van der Waals surface area contributed by atoms with Crippen molar-refractivity contribution in [1.82, 2.24) is 0 Å². The zero-order valence-corrected chi connectivity index (χ0v) is 8.03. The van der Waals surface area contributed by atoms with E-state index in [1.165, 1.54) is 0 Å². The Morgan fingerprint density at radius 2 is 2.14 bits per heavy atom. The molecular weight excluding hydrogens is 171 g/mol. The molecule has 1 aromatic carbocycles. The van der Waals surface area contributed by atoms with Crippen LogP contribution in [0.25, 0.3) is 6.08 Å². The molecule has 0 fully saturated rings. The number of allylic oxidation sites excluding steroid dienone is 1. The predicted octanol–water partition coefficient (Wildman–Crippen LogP) is 1.55. The Kier molecular flexibility index (Phi) is 2.26. The Hall–Kier alpha value is -0.973. The summed E-state index contributed by atoms with van der Waals surface area (Å²) in [5.41, 5.74) is 1.93. The van der Waals surface area contributed by atoms with Crippen LogP contribution in [0.4, 0.5) is 0 Å². The summed E-state index contributed by atoms with van der Waals surface area (Å²) in [5, 5.41) is 9.21. The van der Waals surface area contributed by atoms with Gasteiger partial charge in [0.2, 0.25) is 0 Å². The van der Waals surface area contributed by atoms with Gasteiger partial charge < -0.3 is 0 Å². The van der Waals surface area contributed by atoms with E-state index in [0.29, 0.717) is 6.42 Å². The van der Waals surface area contributed by atoms with Crippen LogP contribution >= 0.6 is 0 Å². The number of benzene rings is 1. The summed E-state index contributed by atoms with van der Waals surface area (Å²) in [5.74, 6) is -0.755. The van der Waals surface area contributed by atoms with Gasteiger partial charge in [-0.2, -0.15) is 0 Å². The van der Waals surface area contributed by atoms with Gasteiger partial charge in [0, 0.05) is 0 Å². The van der Waals surface area contributed by atoms with Gasteiger partial charge in [0.15, 0.2) is 0 Å². The molecule has 0 aromatic heterocycles. The Morgan fingerprint density at radius 3 is 2.86 bits per heavy atom. The fourth-order valence-electron chi connectivity index (χ4n) is 1.88. The van der Waals surface area contributed by atoms with Crippen molar-refractivity contribution in [3.05, 3.63) is 41.5 Å². The Morgan fingerprint density at radius 1 is 1.43 bits per heavy atom. The second-order valence-electron chi connectivity index (χ2n) is 3.83. The van der Waals surface area contributed by atoms with Gasteiger partial charge in [-0.05, 0) is 0 Å². The van der Waals surface area contributed by atoms with Gasteiger partial charge in [-0.3, -0.25) is 0 Å². The molecule has 0 aliphatic heterocycles. The second-order valence-corrected chi connectivity index (χ2v) is 3.83. The van der Waals surface area contributed by atoms with Crippen LogP contribution in [0.15, 0.2) is 30.3 Å². The maximum absolute atomic E-state index is 11.2. The van der Waals surface area contributed by atoms with E-state index in [1.54, 1.807) is 17.7 Å². The Labute approximate surface area is 91.8 Å². The molecule has 1 aromatic rings. The molecule has 1 unspecified atom stereocenters. The van der Waals surface area contributed by atoms with Crippen molar-refractivity contribution in [2.75, 3.05) is 0 Å².